The van der Waals surface area contributed by atoms with Gasteiger partial charge in [-0.1, -0.05) is 6.07 Å². The fourth-order valence-electron chi connectivity index (χ4n) is 1.63. The molecule has 0 bridgehead atoms. The molecule has 0 aliphatic heterocycles. The summed E-state index contributed by atoms with van der Waals surface area (Å²) in [4.78, 5) is 3.97. The normalized spacial score (nSPS) is 11.6. The van der Waals surface area contributed by atoms with Gasteiger partial charge < -0.3 is 5.73 Å². The molecule has 19 heavy (non-hydrogen) atoms. The van der Waals surface area contributed by atoms with E-state index >= 15 is 0 Å². The summed E-state index contributed by atoms with van der Waals surface area (Å²) >= 11 is 0. The summed E-state index contributed by atoms with van der Waals surface area (Å²) < 4.78 is 26.5. The first-order valence-corrected chi connectivity index (χ1v) is 7.22. The van der Waals surface area contributed by atoms with Crippen LogP contribution in [-0.2, 0) is 23.0 Å². The van der Waals surface area contributed by atoms with Gasteiger partial charge in [0.25, 0.3) is 10.0 Å². The Balaban J connectivity index is 1.99. The van der Waals surface area contributed by atoms with E-state index in [0.717, 1.165) is 5.56 Å². The Hall–Kier alpha value is -1.77. The van der Waals surface area contributed by atoms with E-state index in [9.17, 15) is 8.42 Å². The Morgan fingerprint density at radius 2 is 2.21 bits per heavy atom. The van der Waals surface area contributed by atoms with Crippen LogP contribution in [0.25, 0.3) is 0 Å². The van der Waals surface area contributed by atoms with Gasteiger partial charge in [-0.05, 0) is 18.1 Å². The molecular formula is C11H15N5O2S. The first-order valence-electron chi connectivity index (χ1n) is 5.74. The highest BCUT2D eigenvalue weighted by molar-refractivity contribution is 7.89. The lowest BCUT2D eigenvalue weighted by Crippen LogP contribution is -2.27. The van der Waals surface area contributed by atoms with E-state index in [1.54, 1.807) is 12.4 Å². The molecule has 0 spiro atoms. The minimum absolute atomic E-state index is 0.0289. The summed E-state index contributed by atoms with van der Waals surface area (Å²) in [5.74, 6) is 0. The summed E-state index contributed by atoms with van der Waals surface area (Å²) in [7, 11) is -3.60. The molecule has 102 valence electrons. The number of nitrogens with one attached hydrogen (secondary N) is 2. The highest BCUT2D eigenvalue weighted by Crippen LogP contribution is 2.10. The molecule has 0 aromatic carbocycles. The second-order valence-corrected chi connectivity index (χ2v) is 5.64. The van der Waals surface area contributed by atoms with Crippen molar-refractivity contribution in [1.29, 1.82) is 0 Å². The molecule has 7 nitrogen and oxygen atoms in total. The molecule has 0 aliphatic carbocycles. The van der Waals surface area contributed by atoms with Crippen LogP contribution in [0, 0.1) is 0 Å². The van der Waals surface area contributed by atoms with Crippen molar-refractivity contribution >= 4 is 10.0 Å². The molecule has 4 N–H and O–H groups in total. The maximum absolute atomic E-state index is 12.0. The van der Waals surface area contributed by atoms with Gasteiger partial charge in [0.05, 0.1) is 6.20 Å². The molecule has 2 heterocycles. The quantitative estimate of drug-likeness (QED) is 0.677. The van der Waals surface area contributed by atoms with E-state index in [0.29, 0.717) is 12.0 Å². The summed E-state index contributed by atoms with van der Waals surface area (Å²) in [6.45, 7) is 0.409. The van der Waals surface area contributed by atoms with E-state index in [2.05, 4.69) is 19.9 Å². The molecular weight excluding hydrogens is 266 g/mol. The number of nitrogens with two attached hydrogens (primary N) is 1. The monoisotopic (exact) mass is 281 g/mol. The highest BCUT2D eigenvalue weighted by atomic mass is 32.2. The molecule has 2 aromatic heterocycles. The number of H-pyrrole nitrogens is 1. The summed E-state index contributed by atoms with van der Waals surface area (Å²) in [6, 6.07) is 3.70. The maximum Gasteiger partial charge on any atom is 0.257 e. The first kappa shape index (κ1) is 13.7. The molecule has 0 aliphatic rings. The zero-order chi connectivity index (χ0) is 13.7. The Morgan fingerprint density at radius 1 is 1.37 bits per heavy atom. The lowest BCUT2D eigenvalue weighted by molar-refractivity contribution is 0.576. The number of hydrogen-bond donors (Lipinski definition) is 3. The van der Waals surface area contributed by atoms with Gasteiger partial charge in [0.2, 0.25) is 0 Å². The Bertz CT molecular complexity index is 624. The minimum atomic E-state index is -3.60. The Kier molecular flexibility index (Phi) is 4.25. The molecule has 2 rings (SSSR count). The second-order valence-electron chi connectivity index (χ2n) is 3.94. The number of rotatable bonds is 6. The van der Waals surface area contributed by atoms with Crippen molar-refractivity contribution in [3.8, 4) is 0 Å². The van der Waals surface area contributed by atoms with E-state index < -0.39 is 10.0 Å². The number of pyridine rings is 1. The smallest absolute Gasteiger partial charge is 0.257 e. The van der Waals surface area contributed by atoms with Crippen LogP contribution < -0.4 is 10.5 Å². The Labute approximate surface area is 111 Å². The van der Waals surface area contributed by atoms with Gasteiger partial charge in [0.15, 0.2) is 5.03 Å². The standard InChI is InChI=1S/C11H15N5O2S/c12-6-10-8-14-16-11(10)19(17,18)15-5-3-9-2-1-4-13-7-9/h1-2,4,7-8,15H,3,5-6,12H2,(H,14,16). The SMILES string of the molecule is NCc1cn[nH]c1S(=O)(=O)NCCc1cccnc1. The predicted molar refractivity (Wildman–Crippen MR) is 69.6 cm³/mol. The fraction of sp³-hybridized carbons (Fsp3) is 0.273. The molecule has 0 fully saturated rings. The van der Waals surface area contributed by atoms with Crippen LogP contribution in [0.2, 0.25) is 0 Å². The van der Waals surface area contributed by atoms with Gasteiger partial charge in [-0.3, -0.25) is 10.1 Å². The van der Waals surface area contributed by atoms with Gasteiger partial charge >= 0.3 is 0 Å². The third-order valence-corrected chi connectivity index (χ3v) is 4.07. The van der Waals surface area contributed by atoms with E-state index in [1.165, 1.54) is 6.20 Å². The van der Waals surface area contributed by atoms with Gasteiger partial charge in [-0.15, -0.1) is 0 Å². The van der Waals surface area contributed by atoms with Gasteiger partial charge in [0.1, 0.15) is 0 Å². The lowest BCUT2D eigenvalue weighted by atomic mass is 10.2. The van der Waals surface area contributed by atoms with Crippen molar-refractivity contribution in [3.63, 3.8) is 0 Å². The topological polar surface area (TPSA) is 114 Å². The van der Waals surface area contributed by atoms with Gasteiger partial charge in [0, 0.05) is 31.0 Å². The van der Waals surface area contributed by atoms with Crippen molar-refractivity contribution in [3.05, 3.63) is 41.9 Å². The number of sulfonamides is 1. The minimum Gasteiger partial charge on any atom is -0.326 e. The second kappa shape index (κ2) is 5.91. The van der Waals surface area contributed by atoms with Crippen LogP contribution in [0.1, 0.15) is 11.1 Å². The average Bonchev–Trinajstić information content (AvgIpc) is 2.89. The van der Waals surface area contributed by atoms with Crippen LogP contribution in [-0.4, -0.2) is 30.1 Å². The van der Waals surface area contributed by atoms with Crippen molar-refractivity contribution in [2.75, 3.05) is 6.54 Å². The largest absolute Gasteiger partial charge is 0.326 e. The third kappa shape index (κ3) is 3.37. The van der Waals surface area contributed by atoms with E-state index in [4.69, 9.17) is 5.73 Å². The fourth-order valence-corrected chi connectivity index (χ4v) is 2.79. The molecule has 0 radical (unpaired) electrons. The van der Waals surface area contributed by atoms with Crippen LogP contribution in [0.15, 0.2) is 35.7 Å². The first-order chi connectivity index (χ1) is 9.13. The van der Waals surface area contributed by atoms with Crippen LogP contribution >= 0.6 is 0 Å². The van der Waals surface area contributed by atoms with E-state index in [1.807, 2.05) is 12.1 Å². The predicted octanol–water partition coefficient (Wildman–Crippen LogP) is -0.216. The van der Waals surface area contributed by atoms with Crippen LogP contribution in [0.3, 0.4) is 0 Å². The van der Waals surface area contributed by atoms with E-state index in [-0.39, 0.29) is 18.1 Å². The molecule has 2 aromatic rings. The number of nitrogens with zero attached hydrogens (tertiary/aromatic N) is 2. The summed E-state index contributed by atoms with van der Waals surface area (Å²) in [6.07, 6.45) is 5.36. The van der Waals surface area contributed by atoms with Gasteiger partial charge in [-0.2, -0.15) is 5.10 Å². The summed E-state index contributed by atoms with van der Waals surface area (Å²) in [5.41, 5.74) is 6.88. The van der Waals surface area contributed by atoms with Crippen molar-refractivity contribution < 1.29 is 8.42 Å². The third-order valence-electron chi connectivity index (χ3n) is 2.60. The summed E-state index contributed by atoms with van der Waals surface area (Å²) in [5, 5.41) is 6.17. The zero-order valence-corrected chi connectivity index (χ0v) is 11.0. The molecule has 8 heteroatoms. The molecule has 0 saturated heterocycles. The maximum atomic E-state index is 12.0. The average molecular weight is 281 g/mol. The number of aromatic amines is 1. The molecule has 0 atom stereocenters. The van der Waals surface area contributed by atoms with Crippen LogP contribution in [0.5, 0.6) is 0 Å². The number of hydrogen-bond acceptors (Lipinski definition) is 5. The lowest BCUT2D eigenvalue weighted by Gasteiger charge is -2.06. The van der Waals surface area contributed by atoms with Crippen molar-refractivity contribution in [2.24, 2.45) is 5.73 Å². The highest BCUT2D eigenvalue weighted by Gasteiger charge is 2.19. The Morgan fingerprint density at radius 3 is 2.89 bits per heavy atom. The van der Waals surface area contributed by atoms with Crippen molar-refractivity contribution in [1.82, 2.24) is 19.9 Å². The molecule has 0 saturated carbocycles. The zero-order valence-electron chi connectivity index (χ0n) is 10.2. The molecule has 0 unspecified atom stereocenters. The number of aromatic nitrogens is 3. The van der Waals surface area contributed by atoms with Crippen LogP contribution in [0.4, 0.5) is 0 Å². The van der Waals surface area contributed by atoms with Crippen molar-refractivity contribution in [2.45, 2.75) is 18.0 Å². The molecule has 0 amide bonds. The van der Waals surface area contributed by atoms with Gasteiger partial charge in [-0.25, -0.2) is 13.1 Å².